The highest BCUT2D eigenvalue weighted by Crippen LogP contribution is 2.06. The van der Waals surface area contributed by atoms with Crippen molar-refractivity contribution < 1.29 is 5.11 Å². The van der Waals surface area contributed by atoms with Crippen molar-refractivity contribution in [2.75, 3.05) is 18.5 Å². The molecule has 2 aromatic heterocycles. The lowest BCUT2D eigenvalue weighted by Crippen LogP contribution is -2.16. The first-order valence-electron chi connectivity index (χ1n) is 4.68. The summed E-state index contributed by atoms with van der Waals surface area (Å²) in [5.74, 6) is 0.898. The van der Waals surface area contributed by atoms with Gasteiger partial charge >= 0.3 is 0 Å². The minimum Gasteiger partial charge on any atom is -0.396 e. The predicted molar refractivity (Wildman–Crippen MR) is 53.3 cm³/mol. The molecule has 2 aromatic rings. The summed E-state index contributed by atoms with van der Waals surface area (Å²) in [6, 6.07) is 0. The first-order chi connectivity index (χ1) is 7.31. The minimum atomic E-state index is 0.145. The van der Waals surface area contributed by atoms with E-state index < -0.39 is 0 Å². The lowest BCUT2D eigenvalue weighted by atomic mass is 10.2. The van der Waals surface area contributed by atoms with E-state index in [1.165, 1.54) is 0 Å². The second-order valence-electron chi connectivity index (χ2n) is 3.41. The minimum absolute atomic E-state index is 0.145. The van der Waals surface area contributed by atoms with Crippen LogP contribution in [0.25, 0.3) is 5.65 Å². The number of fused-ring (bicyclic) bond motifs is 1. The van der Waals surface area contributed by atoms with E-state index in [1.807, 2.05) is 6.92 Å². The van der Waals surface area contributed by atoms with Crippen molar-refractivity contribution >= 4 is 11.5 Å². The summed E-state index contributed by atoms with van der Waals surface area (Å²) in [6.07, 6.45) is 3.23. The van der Waals surface area contributed by atoms with E-state index in [1.54, 1.807) is 16.9 Å². The van der Waals surface area contributed by atoms with Gasteiger partial charge in [-0.3, -0.25) is 4.98 Å². The monoisotopic (exact) mass is 208 g/mol. The van der Waals surface area contributed by atoms with Crippen LogP contribution >= 0.6 is 0 Å². The Morgan fingerprint density at radius 3 is 3.20 bits per heavy atom. The Balaban J connectivity index is 2.17. The maximum absolute atomic E-state index is 8.88. The van der Waals surface area contributed by atoms with Crippen LogP contribution in [0.5, 0.6) is 0 Å². The summed E-state index contributed by atoms with van der Waals surface area (Å²) in [7, 11) is 0. The number of tetrazole rings is 1. The van der Waals surface area contributed by atoms with Gasteiger partial charge in [0.2, 0.25) is 0 Å². The van der Waals surface area contributed by atoms with Crippen LogP contribution in [0.1, 0.15) is 6.92 Å². The first-order valence-corrected chi connectivity index (χ1v) is 4.68. The molecule has 2 rings (SSSR count). The molecular weight excluding hydrogens is 196 g/mol. The number of aliphatic hydroxyl groups excluding tert-OH is 1. The molecule has 2 heterocycles. The van der Waals surface area contributed by atoms with Crippen molar-refractivity contribution in [3.05, 3.63) is 12.4 Å². The van der Waals surface area contributed by atoms with Crippen LogP contribution in [-0.2, 0) is 0 Å². The fourth-order valence-corrected chi connectivity index (χ4v) is 1.14. The Bertz CT molecular complexity index is 441. The second-order valence-corrected chi connectivity index (χ2v) is 3.41. The van der Waals surface area contributed by atoms with Crippen molar-refractivity contribution in [2.45, 2.75) is 6.92 Å². The van der Waals surface area contributed by atoms with Gasteiger partial charge < -0.3 is 10.4 Å². The third-order valence-corrected chi connectivity index (χ3v) is 2.05. The third kappa shape index (κ3) is 2.01. The molecule has 0 aliphatic rings. The predicted octanol–water partition coefficient (Wildman–Crippen LogP) is -0.440. The fraction of sp³-hybridized carbons (Fsp3) is 0.500. The zero-order chi connectivity index (χ0) is 10.7. The number of aliphatic hydroxyl groups is 1. The standard InChI is InChI=1S/C8H12N6O/c1-6(5-15)2-10-7-3-9-4-8-11-12-13-14(7)8/h3-4,6,10,15H,2,5H2,1H3. The molecule has 1 atom stereocenters. The van der Waals surface area contributed by atoms with Crippen LogP contribution in [0.15, 0.2) is 12.4 Å². The normalized spacial score (nSPS) is 12.9. The number of nitrogens with zero attached hydrogens (tertiary/aromatic N) is 5. The average molecular weight is 208 g/mol. The van der Waals surface area contributed by atoms with E-state index >= 15 is 0 Å². The van der Waals surface area contributed by atoms with Crippen LogP contribution in [0.2, 0.25) is 0 Å². The molecule has 0 radical (unpaired) electrons. The van der Waals surface area contributed by atoms with Gasteiger partial charge in [-0.25, -0.2) is 0 Å². The van der Waals surface area contributed by atoms with Crippen molar-refractivity contribution in [3.8, 4) is 0 Å². The molecule has 0 aliphatic heterocycles. The topological polar surface area (TPSA) is 88.2 Å². The SMILES string of the molecule is CC(CO)CNc1cncc2nnnn12. The molecule has 15 heavy (non-hydrogen) atoms. The van der Waals surface area contributed by atoms with Gasteiger partial charge in [0.1, 0.15) is 5.82 Å². The van der Waals surface area contributed by atoms with Gasteiger partial charge in [-0.2, -0.15) is 4.52 Å². The summed E-state index contributed by atoms with van der Waals surface area (Å²) >= 11 is 0. The molecule has 7 heteroatoms. The van der Waals surface area contributed by atoms with Crippen LogP contribution in [0.3, 0.4) is 0 Å². The average Bonchev–Trinajstić information content (AvgIpc) is 2.74. The third-order valence-electron chi connectivity index (χ3n) is 2.05. The molecule has 0 bridgehead atoms. The van der Waals surface area contributed by atoms with Gasteiger partial charge in [0.05, 0.1) is 12.4 Å². The maximum atomic E-state index is 8.88. The number of hydrogen-bond donors (Lipinski definition) is 2. The van der Waals surface area contributed by atoms with Crippen molar-refractivity contribution in [1.29, 1.82) is 0 Å². The largest absolute Gasteiger partial charge is 0.396 e. The number of rotatable bonds is 4. The Morgan fingerprint density at radius 2 is 2.40 bits per heavy atom. The highest BCUT2D eigenvalue weighted by molar-refractivity contribution is 5.43. The molecule has 0 aromatic carbocycles. The van der Waals surface area contributed by atoms with Crippen molar-refractivity contribution in [3.63, 3.8) is 0 Å². The molecule has 0 spiro atoms. The van der Waals surface area contributed by atoms with E-state index in [0.717, 1.165) is 5.82 Å². The fourth-order valence-electron chi connectivity index (χ4n) is 1.14. The van der Waals surface area contributed by atoms with Crippen LogP contribution in [0.4, 0.5) is 5.82 Å². The highest BCUT2D eigenvalue weighted by Gasteiger charge is 2.05. The zero-order valence-electron chi connectivity index (χ0n) is 8.33. The molecule has 0 fully saturated rings. The molecular formula is C8H12N6O. The highest BCUT2D eigenvalue weighted by atomic mass is 16.3. The summed E-state index contributed by atoms with van der Waals surface area (Å²) in [5.41, 5.74) is 0.594. The molecule has 0 amide bonds. The molecule has 0 saturated carbocycles. The van der Waals surface area contributed by atoms with Gasteiger partial charge in [-0.15, -0.1) is 5.10 Å². The van der Waals surface area contributed by atoms with E-state index in [9.17, 15) is 0 Å². The number of nitrogens with one attached hydrogen (secondary N) is 1. The molecule has 80 valence electrons. The van der Waals surface area contributed by atoms with Crippen LogP contribution < -0.4 is 5.32 Å². The maximum Gasteiger partial charge on any atom is 0.199 e. The van der Waals surface area contributed by atoms with E-state index in [0.29, 0.717) is 12.2 Å². The van der Waals surface area contributed by atoms with Gasteiger partial charge in [-0.1, -0.05) is 6.92 Å². The number of hydrogen-bond acceptors (Lipinski definition) is 6. The van der Waals surface area contributed by atoms with E-state index in [4.69, 9.17) is 5.11 Å². The lowest BCUT2D eigenvalue weighted by Gasteiger charge is -2.10. The first kappa shape index (κ1) is 9.78. The molecule has 2 N–H and O–H groups in total. The molecule has 1 unspecified atom stereocenters. The van der Waals surface area contributed by atoms with E-state index in [-0.39, 0.29) is 12.5 Å². The van der Waals surface area contributed by atoms with Crippen molar-refractivity contribution in [1.82, 2.24) is 25.0 Å². The molecule has 0 saturated heterocycles. The van der Waals surface area contributed by atoms with Gasteiger partial charge in [-0.05, 0) is 16.3 Å². The zero-order valence-corrected chi connectivity index (χ0v) is 8.33. The lowest BCUT2D eigenvalue weighted by molar-refractivity contribution is 0.244. The van der Waals surface area contributed by atoms with Crippen LogP contribution in [0, 0.1) is 5.92 Å². The van der Waals surface area contributed by atoms with Gasteiger partial charge in [0, 0.05) is 13.2 Å². The number of aromatic nitrogens is 5. The number of anilines is 1. The van der Waals surface area contributed by atoms with Gasteiger partial charge in [0.15, 0.2) is 5.65 Å². The molecule has 0 aliphatic carbocycles. The Hall–Kier alpha value is -1.76. The second kappa shape index (κ2) is 4.18. The summed E-state index contributed by atoms with van der Waals surface area (Å²) in [5, 5.41) is 23.1. The van der Waals surface area contributed by atoms with E-state index in [2.05, 4.69) is 25.8 Å². The quantitative estimate of drug-likeness (QED) is 0.708. The summed E-state index contributed by atoms with van der Waals surface area (Å²) in [4.78, 5) is 4.00. The molecule has 7 nitrogen and oxygen atoms in total. The van der Waals surface area contributed by atoms with Crippen LogP contribution in [-0.4, -0.2) is 43.3 Å². The summed E-state index contributed by atoms with van der Waals surface area (Å²) in [6.45, 7) is 2.74. The van der Waals surface area contributed by atoms with Crippen molar-refractivity contribution in [2.24, 2.45) is 5.92 Å². The Labute approximate surface area is 86.1 Å². The van der Waals surface area contributed by atoms with Gasteiger partial charge in [0.25, 0.3) is 0 Å². The Kier molecular flexibility index (Phi) is 2.72. The smallest absolute Gasteiger partial charge is 0.199 e. The summed E-state index contributed by atoms with van der Waals surface area (Å²) < 4.78 is 1.57. The Morgan fingerprint density at radius 1 is 1.53 bits per heavy atom.